The Morgan fingerprint density at radius 1 is 1.32 bits per heavy atom. The van der Waals surface area contributed by atoms with Crippen molar-refractivity contribution in [2.45, 2.75) is 38.1 Å². The predicted molar refractivity (Wildman–Crippen MR) is 75.9 cm³/mol. The van der Waals surface area contributed by atoms with E-state index in [1.54, 1.807) is 27.7 Å². The third-order valence-corrected chi connectivity index (χ3v) is 4.86. The van der Waals surface area contributed by atoms with Crippen LogP contribution in [0.5, 0.6) is 0 Å². The van der Waals surface area contributed by atoms with E-state index in [4.69, 9.17) is 5.11 Å². The fraction of sp³-hybridized carbons (Fsp3) is 0.417. The summed E-state index contributed by atoms with van der Waals surface area (Å²) in [6.07, 6.45) is 0. The van der Waals surface area contributed by atoms with Crippen LogP contribution in [0.15, 0.2) is 21.5 Å². The fourth-order valence-corrected chi connectivity index (χ4v) is 3.58. The predicted octanol–water partition coefficient (Wildman–Crippen LogP) is 2.53. The maximum atomic E-state index is 12.2. The van der Waals surface area contributed by atoms with Crippen LogP contribution in [0.25, 0.3) is 0 Å². The molecule has 0 saturated carbocycles. The average Bonchev–Trinajstić information content (AvgIpc) is 2.17. The van der Waals surface area contributed by atoms with Gasteiger partial charge in [0.15, 0.2) is 0 Å². The number of aromatic carboxylic acids is 1. The summed E-state index contributed by atoms with van der Waals surface area (Å²) in [5.74, 6) is -1.16. The van der Waals surface area contributed by atoms with Gasteiger partial charge >= 0.3 is 5.97 Å². The zero-order valence-corrected chi connectivity index (χ0v) is 13.5. The van der Waals surface area contributed by atoms with Gasteiger partial charge in [-0.25, -0.2) is 17.9 Å². The Labute approximate surface area is 121 Å². The topological polar surface area (TPSA) is 83.5 Å². The van der Waals surface area contributed by atoms with E-state index in [-0.39, 0.29) is 10.5 Å². The van der Waals surface area contributed by atoms with E-state index in [2.05, 4.69) is 20.7 Å². The normalized spacial score (nSPS) is 12.5. The number of benzene rings is 1. The highest BCUT2D eigenvalue weighted by Crippen LogP contribution is 2.25. The van der Waals surface area contributed by atoms with Crippen molar-refractivity contribution in [3.63, 3.8) is 0 Å². The van der Waals surface area contributed by atoms with Crippen LogP contribution < -0.4 is 4.72 Å². The molecule has 106 valence electrons. The minimum atomic E-state index is -3.76. The van der Waals surface area contributed by atoms with Crippen molar-refractivity contribution in [2.75, 3.05) is 0 Å². The quantitative estimate of drug-likeness (QED) is 0.878. The second-order valence-electron chi connectivity index (χ2n) is 5.24. The number of carbonyl (C=O) groups is 1. The molecule has 1 rings (SSSR count). The minimum Gasteiger partial charge on any atom is -0.478 e. The summed E-state index contributed by atoms with van der Waals surface area (Å²) in [7, 11) is -3.76. The highest BCUT2D eigenvalue weighted by Gasteiger charge is 2.24. The zero-order chi connectivity index (χ0) is 15.0. The Morgan fingerprint density at radius 2 is 1.84 bits per heavy atom. The molecule has 2 N–H and O–H groups in total. The number of carboxylic acid groups (broad SMARTS) is 1. The van der Waals surface area contributed by atoms with Crippen molar-refractivity contribution in [3.8, 4) is 0 Å². The van der Waals surface area contributed by atoms with E-state index in [1.807, 2.05) is 0 Å². The van der Waals surface area contributed by atoms with E-state index >= 15 is 0 Å². The van der Waals surface area contributed by atoms with Gasteiger partial charge in [-0.1, -0.05) is 15.9 Å². The first-order chi connectivity index (χ1) is 8.44. The summed E-state index contributed by atoms with van der Waals surface area (Å²) in [4.78, 5) is 11.0. The number of nitrogens with one attached hydrogen (secondary N) is 1. The number of hydrogen-bond donors (Lipinski definition) is 2. The van der Waals surface area contributed by atoms with Crippen LogP contribution in [0, 0.1) is 6.92 Å². The van der Waals surface area contributed by atoms with E-state index in [0.29, 0.717) is 10.0 Å². The number of rotatable bonds is 3. The molecule has 0 amide bonds. The van der Waals surface area contributed by atoms with Crippen molar-refractivity contribution in [1.82, 2.24) is 4.72 Å². The number of halogens is 1. The van der Waals surface area contributed by atoms with E-state index in [9.17, 15) is 13.2 Å². The molecule has 0 aliphatic carbocycles. The Bertz CT molecular complexity index is 617. The summed E-state index contributed by atoms with van der Waals surface area (Å²) in [6, 6.07) is 2.56. The first kappa shape index (κ1) is 16.1. The third-order valence-electron chi connectivity index (χ3n) is 2.30. The van der Waals surface area contributed by atoms with Crippen LogP contribution >= 0.6 is 15.9 Å². The first-order valence-corrected chi connectivity index (χ1v) is 7.79. The van der Waals surface area contributed by atoms with Crippen LogP contribution in [0.3, 0.4) is 0 Å². The zero-order valence-electron chi connectivity index (χ0n) is 11.1. The van der Waals surface area contributed by atoms with Gasteiger partial charge in [-0.15, -0.1) is 0 Å². The maximum Gasteiger partial charge on any atom is 0.336 e. The Balaban J connectivity index is 3.41. The molecule has 1 aromatic carbocycles. The summed E-state index contributed by atoms with van der Waals surface area (Å²) < 4.78 is 27.3. The molecule has 19 heavy (non-hydrogen) atoms. The van der Waals surface area contributed by atoms with Gasteiger partial charge in [0, 0.05) is 10.0 Å². The van der Waals surface area contributed by atoms with Gasteiger partial charge in [-0.05, 0) is 45.4 Å². The third kappa shape index (κ3) is 4.02. The largest absolute Gasteiger partial charge is 0.478 e. The molecule has 0 saturated heterocycles. The lowest BCUT2D eigenvalue weighted by molar-refractivity contribution is 0.0695. The van der Waals surface area contributed by atoms with Crippen molar-refractivity contribution < 1.29 is 18.3 Å². The van der Waals surface area contributed by atoms with Crippen LogP contribution in [-0.2, 0) is 10.0 Å². The second-order valence-corrected chi connectivity index (χ2v) is 7.78. The monoisotopic (exact) mass is 349 g/mol. The standard InChI is InChI=1S/C12H16BrNO4S/c1-7-9(11(15)16)5-8(6-10(7)13)19(17,18)14-12(2,3)4/h5-6,14H,1-4H3,(H,15,16). The summed E-state index contributed by atoms with van der Waals surface area (Å²) >= 11 is 3.18. The number of sulfonamides is 1. The van der Waals surface area contributed by atoms with Gasteiger partial charge in [0.05, 0.1) is 10.5 Å². The molecule has 0 aromatic heterocycles. The van der Waals surface area contributed by atoms with Crippen LogP contribution in [0.4, 0.5) is 0 Å². The van der Waals surface area contributed by atoms with Crippen LogP contribution in [0.1, 0.15) is 36.7 Å². The molecular weight excluding hydrogens is 334 g/mol. The Hall–Kier alpha value is -0.920. The maximum absolute atomic E-state index is 12.2. The lowest BCUT2D eigenvalue weighted by Crippen LogP contribution is -2.40. The van der Waals surface area contributed by atoms with Gasteiger partial charge < -0.3 is 5.11 Å². The number of hydrogen-bond acceptors (Lipinski definition) is 3. The molecule has 0 spiro atoms. The summed E-state index contributed by atoms with van der Waals surface area (Å²) in [6.45, 7) is 6.75. The van der Waals surface area contributed by atoms with E-state index < -0.39 is 21.5 Å². The van der Waals surface area contributed by atoms with Crippen LogP contribution in [0.2, 0.25) is 0 Å². The molecule has 0 atom stereocenters. The molecular formula is C12H16BrNO4S. The van der Waals surface area contributed by atoms with Gasteiger partial charge in [0.2, 0.25) is 10.0 Å². The van der Waals surface area contributed by atoms with E-state index in [1.165, 1.54) is 6.07 Å². The number of carboxylic acids is 1. The molecule has 0 heterocycles. The van der Waals surface area contributed by atoms with Crippen molar-refractivity contribution >= 4 is 31.9 Å². The molecule has 5 nitrogen and oxygen atoms in total. The summed E-state index contributed by atoms with van der Waals surface area (Å²) in [5.41, 5.74) is -0.189. The van der Waals surface area contributed by atoms with Crippen LogP contribution in [-0.4, -0.2) is 25.0 Å². The van der Waals surface area contributed by atoms with Gasteiger partial charge in [-0.3, -0.25) is 0 Å². The smallest absolute Gasteiger partial charge is 0.336 e. The molecule has 1 aromatic rings. The minimum absolute atomic E-state index is 0.0383. The fourth-order valence-electron chi connectivity index (χ4n) is 1.49. The Kier molecular flexibility index (Phi) is 4.44. The lowest BCUT2D eigenvalue weighted by Gasteiger charge is -2.21. The van der Waals surface area contributed by atoms with Crippen molar-refractivity contribution in [1.29, 1.82) is 0 Å². The molecule has 0 bridgehead atoms. The van der Waals surface area contributed by atoms with Gasteiger partial charge in [-0.2, -0.15) is 0 Å². The van der Waals surface area contributed by atoms with Gasteiger partial charge in [0.1, 0.15) is 0 Å². The lowest BCUT2D eigenvalue weighted by atomic mass is 10.1. The summed E-state index contributed by atoms with van der Waals surface area (Å²) in [5, 5.41) is 9.08. The Morgan fingerprint density at radius 3 is 2.26 bits per heavy atom. The van der Waals surface area contributed by atoms with Crippen molar-refractivity contribution in [2.24, 2.45) is 0 Å². The highest BCUT2D eigenvalue weighted by molar-refractivity contribution is 9.10. The van der Waals surface area contributed by atoms with Crippen molar-refractivity contribution in [3.05, 3.63) is 27.7 Å². The highest BCUT2D eigenvalue weighted by atomic mass is 79.9. The first-order valence-electron chi connectivity index (χ1n) is 5.51. The second kappa shape index (κ2) is 5.22. The molecule has 0 radical (unpaired) electrons. The molecule has 0 unspecified atom stereocenters. The molecule has 7 heteroatoms. The van der Waals surface area contributed by atoms with Gasteiger partial charge in [0.25, 0.3) is 0 Å². The SMILES string of the molecule is Cc1c(Br)cc(S(=O)(=O)NC(C)(C)C)cc1C(=O)O. The molecule has 0 aliphatic rings. The molecule has 0 aliphatic heterocycles. The molecule has 0 fully saturated rings. The average molecular weight is 350 g/mol. The van der Waals surface area contributed by atoms with E-state index in [0.717, 1.165) is 6.07 Å².